The Hall–Kier alpha value is -3.27. The normalized spacial score (nSPS) is 14.6. The largest absolute Gasteiger partial charge is 0.355 e. The molecule has 2 heterocycles. The van der Waals surface area contributed by atoms with Crippen molar-refractivity contribution in [1.29, 1.82) is 0 Å². The van der Waals surface area contributed by atoms with Gasteiger partial charge in [-0.15, -0.1) is 0 Å². The second kappa shape index (κ2) is 8.61. The van der Waals surface area contributed by atoms with Crippen molar-refractivity contribution in [1.82, 2.24) is 20.3 Å². The highest BCUT2D eigenvalue weighted by atomic mass is 16.6. The lowest BCUT2D eigenvalue weighted by Gasteiger charge is -2.34. The predicted molar refractivity (Wildman–Crippen MR) is 105 cm³/mol. The highest BCUT2D eigenvalue weighted by Gasteiger charge is 2.29. The quantitative estimate of drug-likeness (QED) is 0.569. The van der Waals surface area contributed by atoms with Crippen LogP contribution in [0, 0.1) is 17.0 Å². The molecule has 28 heavy (non-hydrogen) atoms. The summed E-state index contributed by atoms with van der Waals surface area (Å²) in [6.07, 6.45) is 1.26. The van der Waals surface area contributed by atoms with Gasteiger partial charge in [-0.05, 0) is 25.6 Å². The number of nitro groups is 1. The number of anilines is 2. The number of piperazine rings is 1. The van der Waals surface area contributed by atoms with Crippen LogP contribution in [0.2, 0.25) is 0 Å². The summed E-state index contributed by atoms with van der Waals surface area (Å²) in [6, 6.07) is 6.99. The van der Waals surface area contributed by atoms with Gasteiger partial charge in [0.25, 0.3) is 5.91 Å². The van der Waals surface area contributed by atoms with Crippen LogP contribution in [0.5, 0.6) is 0 Å². The lowest BCUT2D eigenvalue weighted by molar-refractivity contribution is -0.383. The van der Waals surface area contributed by atoms with Crippen LogP contribution in [-0.4, -0.2) is 58.4 Å². The maximum atomic E-state index is 12.3. The molecule has 0 saturated carbocycles. The molecule has 0 atom stereocenters. The van der Waals surface area contributed by atoms with Crippen LogP contribution in [0.25, 0.3) is 0 Å². The van der Waals surface area contributed by atoms with E-state index in [-0.39, 0.29) is 17.3 Å². The smallest absolute Gasteiger partial charge is 0.348 e. The molecule has 3 rings (SSSR count). The summed E-state index contributed by atoms with van der Waals surface area (Å²) in [7, 11) is 0. The Bertz CT molecular complexity index is 849. The fraction of sp³-hybridized carbons (Fsp3) is 0.389. The standard InChI is InChI=1S/C18H23N7O3/c1-3-23-8-10-24(11-9-23)17-15(25(27)28)16(19-12-20-17)21-22-18(26)14-6-4-13(2)5-7-14/h4-7,12H,3,8-11H2,1-2H3,(H,22,26)(H,19,20,21). The molecule has 10 heteroatoms. The van der Waals surface area contributed by atoms with Gasteiger partial charge in [0.2, 0.25) is 11.6 Å². The molecule has 2 aromatic rings. The van der Waals surface area contributed by atoms with E-state index >= 15 is 0 Å². The molecule has 0 radical (unpaired) electrons. The number of nitrogens with one attached hydrogen (secondary N) is 2. The number of likely N-dealkylation sites (N-methyl/N-ethyl adjacent to an activating group) is 1. The highest BCUT2D eigenvalue weighted by Crippen LogP contribution is 2.31. The molecule has 10 nitrogen and oxygen atoms in total. The average molecular weight is 385 g/mol. The van der Waals surface area contributed by atoms with Gasteiger partial charge in [0, 0.05) is 31.7 Å². The minimum atomic E-state index is -0.526. The van der Waals surface area contributed by atoms with Gasteiger partial charge >= 0.3 is 5.69 Å². The molecule has 1 fully saturated rings. The number of aromatic nitrogens is 2. The molecule has 1 aromatic carbocycles. The van der Waals surface area contributed by atoms with Gasteiger partial charge in [-0.25, -0.2) is 9.97 Å². The summed E-state index contributed by atoms with van der Waals surface area (Å²) in [5.41, 5.74) is 6.26. The second-order valence-corrected chi connectivity index (χ2v) is 6.52. The number of amides is 1. The molecule has 0 unspecified atom stereocenters. The monoisotopic (exact) mass is 385 g/mol. The van der Waals surface area contributed by atoms with Crippen molar-refractivity contribution in [3.8, 4) is 0 Å². The Morgan fingerprint density at radius 2 is 1.86 bits per heavy atom. The highest BCUT2D eigenvalue weighted by molar-refractivity contribution is 5.95. The third-order valence-corrected chi connectivity index (χ3v) is 4.71. The zero-order chi connectivity index (χ0) is 20.1. The molecule has 0 spiro atoms. The lowest BCUT2D eigenvalue weighted by Crippen LogP contribution is -2.46. The first-order chi connectivity index (χ1) is 13.5. The van der Waals surface area contributed by atoms with E-state index in [4.69, 9.17) is 0 Å². The first kappa shape index (κ1) is 19.5. The van der Waals surface area contributed by atoms with E-state index in [1.807, 2.05) is 24.0 Å². The van der Waals surface area contributed by atoms with E-state index in [1.165, 1.54) is 6.33 Å². The Morgan fingerprint density at radius 1 is 1.18 bits per heavy atom. The Labute approximate surface area is 162 Å². The summed E-state index contributed by atoms with van der Waals surface area (Å²) < 4.78 is 0. The van der Waals surface area contributed by atoms with Crippen LogP contribution in [0.1, 0.15) is 22.8 Å². The zero-order valence-corrected chi connectivity index (χ0v) is 15.9. The maximum absolute atomic E-state index is 12.3. The Kier molecular flexibility index (Phi) is 5.99. The second-order valence-electron chi connectivity index (χ2n) is 6.52. The van der Waals surface area contributed by atoms with E-state index in [0.29, 0.717) is 18.7 Å². The van der Waals surface area contributed by atoms with Gasteiger partial charge in [-0.1, -0.05) is 24.6 Å². The number of aryl methyl sites for hydroxylation is 1. The fourth-order valence-electron chi connectivity index (χ4n) is 3.03. The molecule has 1 aliphatic heterocycles. The van der Waals surface area contributed by atoms with Crippen LogP contribution in [-0.2, 0) is 0 Å². The summed E-state index contributed by atoms with van der Waals surface area (Å²) in [6.45, 7) is 7.85. The number of benzene rings is 1. The fourth-order valence-corrected chi connectivity index (χ4v) is 3.03. The summed E-state index contributed by atoms with van der Waals surface area (Å²) in [5, 5.41) is 11.7. The van der Waals surface area contributed by atoms with Crippen LogP contribution >= 0.6 is 0 Å². The molecule has 148 valence electrons. The minimum Gasteiger partial charge on any atom is -0.348 e. The van der Waals surface area contributed by atoms with Crippen molar-refractivity contribution < 1.29 is 9.72 Å². The molecule has 2 N–H and O–H groups in total. The van der Waals surface area contributed by atoms with Crippen molar-refractivity contribution in [3.63, 3.8) is 0 Å². The SMILES string of the molecule is CCN1CCN(c2ncnc(NNC(=O)c3ccc(C)cc3)c2[N+](=O)[O-])CC1. The van der Waals surface area contributed by atoms with Gasteiger partial charge in [-0.2, -0.15) is 0 Å². The van der Waals surface area contributed by atoms with Gasteiger partial charge in [0.05, 0.1) is 4.92 Å². The van der Waals surface area contributed by atoms with Gasteiger partial charge in [0.1, 0.15) is 6.33 Å². The average Bonchev–Trinajstić information content (AvgIpc) is 2.72. The minimum absolute atomic E-state index is 0.0478. The van der Waals surface area contributed by atoms with Crippen LogP contribution in [0.15, 0.2) is 30.6 Å². The number of nitrogens with zero attached hydrogens (tertiary/aromatic N) is 5. The van der Waals surface area contributed by atoms with E-state index < -0.39 is 10.8 Å². The maximum Gasteiger partial charge on any atom is 0.355 e. The first-order valence-electron chi connectivity index (χ1n) is 9.09. The molecule has 0 aliphatic carbocycles. The Balaban J connectivity index is 1.77. The molecular weight excluding hydrogens is 362 g/mol. The molecule has 1 amide bonds. The summed E-state index contributed by atoms with van der Waals surface area (Å²) in [4.78, 5) is 35.7. The van der Waals surface area contributed by atoms with Crippen molar-refractivity contribution >= 4 is 23.2 Å². The summed E-state index contributed by atoms with van der Waals surface area (Å²) >= 11 is 0. The lowest BCUT2D eigenvalue weighted by atomic mass is 10.1. The third-order valence-electron chi connectivity index (χ3n) is 4.71. The molecule has 1 aliphatic rings. The number of rotatable bonds is 6. The number of hydrogen-bond donors (Lipinski definition) is 2. The summed E-state index contributed by atoms with van der Waals surface area (Å²) in [5.74, 6) is -0.206. The van der Waals surface area contributed by atoms with Gasteiger partial charge < -0.3 is 9.80 Å². The topological polar surface area (TPSA) is 117 Å². The zero-order valence-electron chi connectivity index (χ0n) is 15.9. The molecular formula is C18H23N7O3. The van der Waals surface area contributed by atoms with E-state index in [0.717, 1.165) is 25.2 Å². The predicted octanol–water partition coefficient (Wildman–Crippen LogP) is 1.59. The van der Waals surface area contributed by atoms with Gasteiger partial charge in [0.15, 0.2) is 0 Å². The van der Waals surface area contributed by atoms with E-state index in [1.54, 1.807) is 12.1 Å². The van der Waals surface area contributed by atoms with Crippen LogP contribution in [0.4, 0.5) is 17.3 Å². The van der Waals surface area contributed by atoms with E-state index in [9.17, 15) is 14.9 Å². The third kappa shape index (κ3) is 4.34. The van der Waals surface area contributed by atoms with Crippen molar-refractivity contribution in [3.05, 3.63) is 51.8 Å². The molecule has 1 saturated heterocycles. The first-order valence-corrected chi connectivity index (χ1v) is 9.09. The number of carbonyl (C=O) groups is 1. The molecule has 1 aromatic heterocycles. The number of hydrazine groups is 1. The van der Waals surface area contributed by atoms with Crippen molar-refractivity contribution in [2.24, 2.45) is 0 Å². The number of carbonyl (C=O) groups excluding carboxylic acids is 1. The van der Waals surface area contributed by atoms with Crippen molar-refractivity contribution in [2.45, 2.75) is 13.8 Å². The number of hydrogen-bond acceptors (Lipinski definition) is 8. The van der Waals surface area contributed by atoms with E-state index in [2.05, 4.69) is 32.6 Å². The van der Waals surface area contributed by atoms with Crippen LogP contribution in [0.3, 0.4) is 0 Å². The molecule has 0 bridgehead atoms. The van der Waals surface area contributed by atoms with Gasteiger partial charge in [-0.3, -0.25) is 25.8 Å². The Morgan fingerprint density at radius 3 is 2.46 bits per heavy atom. The van der Waals surface area contributed by atoms with Crippen LogP contribution < -0.4 is 15.8 Å². The van der Waals surface area contributed by atoms with Crippen molar-refractivity contribution in [2.75, 3.05) is 43.0 Å².